The fourth-order valence-electron chi connectivity index (χ4n) is 1.96. The van der Waals surface area contributed by atoms with Crippen molar-refractivity contribution in [1.29, 1.82) is 0 Å². The molecule has 0 saturated heterocycles. The molecule has 0 aliphatic rings. The first-order valence-electron chi connectivity index (χ1n) is 7.84. The van der Waals surface area contributed by atoms with Gasteiger partial charge in [-0.1, -0.05) is 19.9 Å². The van der Waals surface area contributed by atoms with Crippen LogP contribution in [-0.4, -0.2) is 28.6 Å². The SMILES string of the molecule is CC(C)C[C@H](NC(=O)OC(C)(C)C)C(=O)NCc1ccccn1. The van der Waals surface area contributed by atoms with Crippen molar-refractivity contribution in [3.8, 4) is 0 Å². The Labute approximate surface area is 138 Å². The number of amides is 2. The number of carbonyl (C=O) groups excluding carboxylic acids is 2. The van der Waals surface area contributed by atoms with E-state index in [4.69, 9.17) is 4.74 Å². The third-order valence-corrected chi connectivity index (χ3v) is 2.88. The van der Waals surface area contributed by atoms with E-state index in [1.54, 1.807) is 27.0 Å². The first-order valence-corrected chi connectivity index (χ1v) is 7.84. The van der Waals surface area contributed by atoms with Crippen molar-refractivity contribution >= 4 is 12.0 Å². The van der Waals surface area contributed by atoms with Crippen LogP contribution in [0.1, 0.15) is 46.7 Å². The lowest BCUT2D eigenvalue weighted by Crippen LogP contribution is -2.48. The molecule has 2 N–H and O–H groups in total. The van der Waals surface area contributed by atoms with Gasteiger partial charge in [0.1, 0.15) is 11.6 Å². The molecule has 0 spiro atoms. The summed E-state index contributed by atoms with van der Waals surface area (Å²) in [6.45, 7) is 9.66. The summed E-state index contributed by atoms with van der Waals surface area (Å²) in [6.07, 6.45) is 1.62. The number of pyridine rings is 1. The summed E-state index contributed by atoms with van der Waals surface area (Å²) in [5.74, 6) is 0.0192. The highest BCUT2D eigenvalue weighted by atomic mass is 16.6. The maximum absolute atomic E-state index is 12.3. The predicted octanol–water partition coefficient (Wildman–Crippen LogP) is 2.64. The van der Waals surface area contributed by atoms with Crippen molar-refractivity contribution in [2.45, 2.75) is 59.2 Å². The molecule has 0 bridgehead atoms. The van der Waals surface area contributed by atoms with Gasteiger partial charge >= 0.3 is 6.09 Å². The molecular formula is C17H27N3O3. The Bertz CT molecular complexity index is 510. The Kier molecular flexibility index (Phi) is 7.00. The average Bonchev–Trinajstić information content (AvgIpc) is 2.42. The number of aromatic nitrogens is 1. The van der Waals surface area contributed by atoms with Crippen LogP contribution in [0.4, 0.5) is 4.79 Å². The summed E-state index contributed by atoms with van der Waals surface area (Å²) in [5.41, 5.74) is 0.165. The zero-order valence-corrected chi connectivity index (χ0v) is 14.6. The highest BCUT2D eigenvalue weighted by molar-refractivity contribution is 5.85. The first kappa shape index (κ1) is 18.9. The number of nitrogens with zero attached hydrogens (tertiary/aromatic N) is 1. The van der Waals surface area contributed by atoms with Gasteiger partial charge in [-0.2, -0.15) is 0 Å². The van der Waals surface area contributed by atoms with Crippen LogP contribution in [0.15, 0.2) is 24.4 Å². The second-order valence-electron chi connectivity index (χ2n) is 6.87. The molecule has 0 aliphatic carbocycles. The molecular weight excluding hydrogens is 294 g/mol. The molecule has 1 heterocycles. The summed E-state index contributed by atoms with van der Waals surface area (Å²) >= 11 is 0. The van der Waals surface area contributed by atoms with Gasteiger partial charge in [0.25, 0.3) is 0 Å². The molecule has 0 radical (unpaired) electrons. The fourth-order valence-corrected chi connectivity index (χ4v) is 1.96. The lowest BCUT2D eigenvalue weighted by molar-refractivity contribution is -0.123. The van der Waals surface area contributed by atoms with Crippen LogP contribution < -0.4 is 10.6 Å². The van der Waals surface area contributed by atoms with E-state index >= 15 is 0 Å². The van der Waals surface area contributed by atoms with Gasteiger partial charge in [-0.3, -0.25) is 9.78 Å². The van der Waals surface area contributed by atoms with Crippen LogP contribution >= 0.6 is 0 Å². The molecule has 0 fully saturated rings. The van der Waals surface area contributed by atoms with Gasteiger partial charge in [0.2, 0.25) is 5.91 Å². The molecule has 1 atom stereocenters. The Hall–Kier alpha value is -2.11. The van der Waals surface area contributed by atoms with Crippen LogP contribution in [0.2, 0.25) is 0 Å². The molecule has 1 rings (SSSR count). The van der Waals surface area contributed by atoms with Gasteiger partial charge in [-0.25, -0.2) is 4.79 Å². The molecule has 0 aromatic carbocycles. The topological polar surface area (TPSA) is 80.3 Å². The summed E-state index contributed by atoms with van der Waals surface area (Å²) in [4.78, 5) is 28.4. The van der Waals surface area contributed by atoms with E-state index in [1.165, 1.54) is 0 Å². The summed E-state index contributed by atoms with van der Waals surface area (Å²) < 4.78 is 5.22. The van der Waals surface area contributed by atoms with Gasteiger partial charge in [0.15, 0.2) is 0 Å². The van der Waals surface area contributed by atoms with E-state index in [2.05, 4.69) is 15.6 Å². The van der Waals surface area contributed by atoms with Crippen molar-refractivity contribution in [3.05, 3.63) is 30.1 Å². The number of carbonyl (C=O) groups is 2. The highest BCUT2D eigenvalue weighted by Crippen LogP contribution is 2.09. The Morgan fingerprint density at radius 1 is 1.26 bits per heavy atom. The molecule has 0 unspecified atom stereocenters. The molecule has 0 aliphatic heterocycles. The quantitative estimate of drug-likeness (QED) is 0.844. The zero-order valence-electron chi connectivity index (χ0n) is 14.6. The third kappa shape index (κ3) is 8.18. The van der Waals surface area contributed by atoms with Crippen LogP contribution in [0.25, 0.3) is 0 Å². The van der Waals surface area contributed by atoms with Crippen LogP contribution in [-0.2, 0) is 16.1 Å². The minimum atomic E-state index is -0.631. The Balaban J connectivity index is 2.61. The lowest BCUT2D eigenvalue weighted by atomic mass is 10.0. The first-order chi connectivity index (χ1) is 10.7. The zero-order chi connectivity index (χ0) is 17.5. The van der Waals surface area contributed by atoms with Crippen LogP contribution in [0, 0.1) is 5.92 Å². The fraction of sp³-hybridized carbons (Fsp3) is 0.588. The van der Waals surface area contributed by atoms with Gasteiger partial charge in [0, 0.05) is 6.20 Å². The minimum Gasteiger partial charge on any atom is -0.444 e. The minimum absolute atomic E-state index is 0.241. The Morgan fingerprint density at radius 3 is 2.48 bits per heavy atom. The summed E-state index contributed by atoms with van der Waals surface area (Å²) in [5, 5.41) is 5.45. The van der Waals surface area contributed by atoms with Crippen molar-refractivity contribution in [3.63, 3.8) is 0 Å². The number of hydrogen-bond acceptors (Lipinski definition) is 4. The van der Waals surface area contributed by atoms with Gasteiger partial charge in [-0.15, -0.1) is 0 Å². The molecule has 6 heteroatoms. The van der Waals surface area contributed by atoms with Crippen molar-refractivity contribution < 1.29 is 14.3 Å². The maximum Gasteiger partial charge on any atom is 0.408 e. The van der Waals surface area contributed by atoms with Gasteiger partial charge in [-0.05, 0) is 45.2 Å². The van der Waals surface area contributed by atoms with Crippen molar-refractivity contribution in [2.24, 2.45) is 5.92 Å². The van der Waals surface area contributed by atoms with E-state index in [-0.39, 0.29) is 11.8 Å². The normalized spacial score (nSPS) is 12.6. The molecule has 2 amide bonds. The van der Waals surface area contributed by atoms with Crippen molar-refractivity contribution in [2.75, 3.05) is 0 Å². The summed E-state index contributed by atoms with van der Waals surface area (Å²) in [6, 6.07) is 4.88. The number of nitrogens with one attached hydrogen (secondary N) is 2. The molecule has 0 saturated carbocycles. The third-order valence-electron chi connectivity index (χ3n) is 2.88. The summed E-state index contributed by atoms with van der Waals surface area (Å²) in [7, 11) is 0. The van der Waals surface area contributed by atoms with Gasteiger partial charge in [0.05, 0.1) is 12.2 Å². The number of alkyl carbamates (subject to hydrolysis) is 1. The predicted molar refractivity (Wildman–Crippen MR) is 88.7 cm³/mol. The number of rotatable bonds is 6. The molecule has 1 aromatic heterocycles. The second kappa shape index (κ2) is 8.50. The molecule has 128 valence electrons. The smallest absolute Gasteiger partial charge is 0.408 e. The van der Waals surface area contributed by atoms with E-state index in [9.17, 15) is 9.59 Å². The largest absolute Gasteiger partial charge is 0.444 e. The lowest BCUT2D eigenvalue weighted by Gasteiger charge is -2.24. The highest BCUT2D eigenvalue weighted by Gasteiger charge is 2.24. The van der Waals surface area contributed by atoms with E-state index in [0.29, 0.717) is 13.0 Å². The van der Waals surface area contributed by atoms with Crippen LogP contribution in [0.5, 0.6) is 0 Å². The van der Waals surface area contributed by atoms with Crippen LogP contribution in [0.3, 0.4) is 0 Å². The monoisotopic (exact) mass is 321 g/mol. The number of ether oxygens (including phenoxy) is 1. The molecule has 23 heavy (non-hydrogen) atoms. The standard InChI is InChI=1S/C17H27N3O3/c1-12(2)10-14(20-16(22)23-17(3,4)5)15(21)19-11-13-8-6-7-9-18-13/h6-9,12,14H,10-11H2,1-5H3,(H,19,21)(H,20,22)/t14-/m0/s1. The second-order valence-corrected chi connectivity index (χ2v) is 6.87. The van der Waals surface area contributed by atoms with Gasteiger partial charge < -0.3 is 15.4 Å². The Morgan fingerprint density at radius 2 is 1.96 bits per heavy atom. The van der Waals surface area contributed by atoms with E-state index < -0.39 is 17.7 Å². The molecule has 6 nitrogen and oxygen atoms in total. The molecule has 1 aromatic rings. The maximum atomic E-state index is 12.3. The number of hydrogen-bond donors (Lipinski definition) is 2. The van der Waals surface area contributed by atoms with Crippen molar-refractivity contribution in [1.82, 2.24) is 15.6 Å². The average molecular weight is 321 g/mol. The van der Waals surface area contributed by atoms with E-state index in [0.717, 1.165) is 5.69 Å². The van der Waals surface area contributed by atoms with E-state index in [1.807, 2.05) is 32.0 Å².